The van der Waals surface area contributed by atoms with Gasteiger partial charge in [0, 0.05) is 12.3 Å². The fraction of sp³-hybridized carbons (Fsp3) is 0.562. The Labute approximate surface area is 115 Å². The van der Waals surface area contributed by atoms with E-state index in [2.05, 4.69) is 41.5 Å². The largest absolute Gasteiger partial charge is 0.475 e. The molecule has 2 heterocycles. The fourth-order valence-corrected chi connectivity index (χ4v) is 2.92. The summed E-state index contributed by atoms with van der Waals surface area (Å²) < 4.78 is 6.08. The molecule has 0 aromatic heterocycles. The Morgan fingerprint density at radius 1 is 1.26 bits per heavy atom. The van der Waals surface area contributed by atoms with Crippen molar-refractivity contribution in [3.63, 3.8) is 0 Å². The maximum absolute atomic E-state index is 6.08. The van der Waals surface area contributed by atoms with Gasteiger partial charge in [-0.3, -0.25) is 4.99 Å². The topological polar surface area (TPSA) is 33.6 Å². The van der Waals surface area contributed by atoms with Crippen LogP contribution in [0.15, 0.2) is 29.3 Å². The van der Waals surface area contributed by atoms with Crippen LogP contribution < -0.4 is 5.32 Å². The summed E-state index contributed by atoms with van der Waals surface area (Å²) >= 11 is 0. The molecule has 3 heteroatoms. The van der Waals surface area contributed by atoms with Crippen LogP contribution in [0.3, 0.4) is 0 Å². The monoisotopic (exact) mass is 258 g/mol. The number of aryl methyl sites for hydroxylation is 1. The van der Waals surface area contributed by atoms with E-state index in [0.717, 1.165) is 44.8 Å². The van der Waals surface area contributed by atoms with Gasteiger partial charge in [-0.05, 0) is 44.0 Å². The third-order valence-corrected chi connectivity index (χ3v) is 4.14. The van der Waals surface area contributed by atoms with Gasteiger partial charge in [-0.2, -0.15) is 0 Å². The zero-order valence-electron chi connectivity index (χ0n) is 11.6. The predicted molar refractivity (Wildman–Crippen MR) is 77.7 cm³/mol. The van der Waals surface area contributed by atoms with E-state index in [1.165, 1.54) is 11.1 Å². The highest BCUT2D eigenvalue weighted by Crippen LogP contribution is 2.22. The van der Waals surface area contributed by atoms with Crippen molar-refractivity contribution in [2.45, 2.75) is 32.3 Å². The standard InChI is InChI=1S/C16H22N2O/c1-12-4-2-3-5-14(12)10-15-11-18-16(19-15)13-6-8-17-9-7-13/h2-5,13,15,17H,6-11H2,1H3. The molecule has 0 aliphatic carbocycles. The molecule has 0 amide bonds. The zero-order valence-corrected chi connectivity index (χ0v) is 11.6. The van der Waals surface area contributed by atoms with E-state index < -0.39 is 0 Å². The van der Waals surface area contributed by atoms with Crippen molar-refractivity contribution in [3.05, 3.63) is 35.4 Å². The van der Waals surface area contributed by atoms with Gasteiger partial charge >= 0.3 is 0 Å². The van der Waals surface area contributed by atoms with Crippen LogP contribution in [0.4, 0.5) is 0 Å². The smallest absolute Gasteiger partial charge is 0.187 e. The van der Waals surface area contributed by atoms with E-state index in [4.69, 9.17) is 4.74 Å². The number of ether oxygens (including phenoxy) is 1. The lowest BCUT2D eigenvalue weighted by Crippen LogP contribution is -2.32. The predicted octanol–water partition coefficient (Wildman–Crippen LogP) is 2.33. The first-order chi connectivity index (χ1) is 9.33. The van der Waals surface area contributed by atoms with Gasteiger partial charge in [-0.15, -0.1) is 0 Å². The minimum Gasteiger partial charge on any atom is -0.475 e. The maximum Gasteiger partial charge on any atom is 0.187 e. The minimum absolute atomic E-state index is 0.242. The van der Waals surface area contributed by atoms with E-state index in [1.807, 2.05) is 0 Å². The molecule has 1 N–H and O–H groups in total. The number of nitrogens with zero attached hydrogens (tertiary/aromatic N) is 1. The van der Waals surface area contributed by atoms with Crippen LogP contribution in [0.2, 0.25) is 0 Å². The van der Waals surface area contributed by atoms with Crippen molar-refractivity contribution < 1.29 is 4.74 Å². The summed E-state index contributed by atoms with van der Waals surface area (Å²) in [4.78, 5) is 4.63. The van der Waals surface area contributed by atoms with Crippen LogP contribution in [-0.4, -0.2) is 31.6 Å². The Morgan fingerprint density at radius 3 is 2.84 bits per heavy atom. The summed E-state index contributed by atoms with van der Waals surface area (Å²) in [5.74, 6) is 1.56. The number of nitrogens with one attached hydrogen (secondary N) is 1. The number of aliphatic imine (C=N–C) groups is 1. The Kier molecular flexibility index (Phi) is 3.83. The van der Waals surface area contributed by atoms with Gasteiger partial charge in [-0.25, -0.2) is 0 Å². The molecule has 102 valence electrons. The van der Waals surface area contributed by atoms with Gasteiger partial charge in [0.25, 0.3) is 0 Å². The molecule has 0 bridgehead atoms. The summed E-state index contributed by atoms with van der Waals surface area (Å²) in [5.41, 5.74) is 2.73. The van der Waals surface area contributed by atoms with E-state index in [1.54, 1.807) is 0 Å². The number of rotatable bonds is 3. The molecule has 1 aromatic carbocycles. The Hall–Kier alpha value is -1.35. The Balaban J connectivity index is 1.57. The zero-order chi connectivity index (χ0) is 13.1. The molecule has 1 atom stereocenters. The van der Waals surface area contributed by atoms with Gasteiger partial charge in [0.15, 0.2) is 5.90 Å². The first kappa shape index (κ1) is 12.7. The van der Waals surface area contributed by atoms with Gasteiger partial charge in [-0.1, -0.05) is 24.3 Å². The van der Waals surface area contributed by atoms with Crippen LogP contribution in [0, 0.1) is 12.8 Å². The molecule has 2 aliphatic rings. The summed E-state index contributed by atoms with van der Waals surface area (Å²) in [6.45, 7) is 5.18. The molecule has 19 heavy (non-hydrogen) atoms. The van der Waals surface area contributed by atoms with Crippen molar-refractivity contribution in [2.24, 2.45) is 10.9 Å². The quantitative estimate of drug-likeness (QED) is 0.903. The van der Waals surface area contributed by atoms with Crippen molar-refractivity contribution in [1.29, 1.82) is 0 Å². The molecule has 3 rings (SSSR count). The summed E-state index contributed by atoms with van der Waals surface area (Å²) in [6.07, 6.45) is 3.54. The first-order valence-corrected chi connectivity index (χ1v) is 7.29. The van der Waals surface area contributed by atoms with Gasteiger partial charge < -0.3 is 10.1 Å². The molecule has 1 unspecified atom stereocenters. The lowest BCUT2D eigenvalue weighted by Gasteiger charge is -2.23. The molecule has 0 radical (unpaired) electrons. The van der Waals surface area contributed by atoms with Gasteiger partial charge in [0.05, 0.1) is 6.54 Å². The molecule has 1 fully saturated rings. The molecular formula is C16H22N2O. The lowest BCUT2D eigenvalue weighted by atomic mass is 9.98. The normalized spacial score (nSPS) is 24.1. The number of benzene rings is 1. The molecule has 0 saturated carbocycles. The molecule has 3 nitrogen and oxygen atoms in total. The average molecular weight is 258 g/mol. The lowest BCUT2D eigenvalue weighted by molar-refractivity contribution is 0.204. The third kappa shape index (κ3) is 2.98. The van der Waals surface area contributed by atoms with E-state index in [9.17, 15) is 0 Å². The number of piperidine rings is 1. The van der Waals surface area contributed by atoms with Crippen LogP contribution in [0.5, 0.6) is 0 Å². The summed E-state index contributed by atoms with van der Waals surface area (Å²) in [7, 11) is 0. The summed E-state index contributed by atoms with van der Waals surface area (Å²) in [6, 6.07) is 8.55. The Morgan fingerprint density at radius 2 is 2.05 bits per heavy atom. The van der Waals surface area contributed by atoms with E-state index in [0.29, 0.717) is 5.92 Å². The van der Waals surface area contributed by atoms with E-state index >= 15 is 0 Å². The van der Waals surface area contributed by atoms with Crippen molar-refractivity contribution in [1.82, 2.24) is 5.32 Å². The third-order valence-electron chi connectivity index (χ3n) is 4.14. The second-order valence-corrected chi connectivity index (χ2v) is 5.57. The second kappa shape index (κ2) is 5.74. The highest BCUT2D eigenvalue weighted by atomic mass is 16.5. The molecule has 2 aliphatic heterocycles. The highest BCUT2D eigenvalue weighted by molar-refractivity contribution is 5.80. The number of hydrogen-bond acceptors (Lipinski definition) is 3. The van der Waals surface area contributed by atoms with Gasteiger partial charge in [0.2, 0.25) is 0 Å². The summed E-state index contributed by atoms with van der Waals surface area (Å²) in [5, 5.41) is 3.39. The SMILES string of the molecule is Cc1ccccc1CC1CN=C(C2CCNCC2)O1. The van der Waals surface area contributed by atoms with Crippen LogP contribution in [-0.2, 0) is 11.2 Å². The molecular weight excluding hydrogens is 236 g/mol. The number of hydrogen-bond donors (Lipinski definition) is 1. The van der Waals surface area contributed by atoms with Crippen molar-refractivity contribution >= 4 is 5.90 Å². The van der Waals surface area contributed by atoms with Gasteiger partial charge in [0.1, 0.15) is 6.10 Å². The fourth-order valence-electron chi connectivity index (χ4n) is 2.92. The van der Waals surface area contributed by atoms with Crippen LogP contribution >= 0.6 is 0 Å². The molecule has 1 aromatic rings. The highest BCUT2D eigenvalue weighted by Gasteiger charge is 2.27. The maximum atomic E-state index is 6.08. The van der Waals surface area contributed by atoms with Crippen LogP contribution in [0.25, 0.3) is 0 Å². The van der Waals surface area contributed by atoms with Crippen molar-refractivity contribution in [3.8, 4) is 0 Å². The van der Waals surface area contributed by atoms with Crippen LogP contribution in [0.1, 0.15) is 24.0 Å². The molecule has 1 saturated heterocycles. The second-order valence-electron chi connectivity index (χ2n) is 5.57. The van der Waals surface area contributed by atoms with E-state index in [-0.39, 0.29) is 6.10 Å². The van der Waals surface area contributed by atoms with Crippen molar-refractivity contribution in [2.75, 3.05) is 19.6 Å². The average Bonchev–Trinajstić information content (AvgIpc) is 2.91. The Bertz CT molecular complexity index is 464. The molecule has 0 spiro atoms. The minimum atomic E-state index is 0.242. The first-order valence-electron chi connectivity index (χ1n) is 7.29.